The number of hydrogen-bond acceptors (Lipinski definition) is 7. The summed E-state index contributed by atoms with van der Waals surface area (Å²) in [5, 5.41) is 8.42. The molecule has 0 unspecified atom stereocenters. The van der Waals surface area contributed by atoms with Crippen molar-refractivity contribution in [2.24, 2.45) is 0 Å². The predicted molar refractivity (Wildman–Crippen MR) is 118 cm³/mol. The maximum atomic E-state index is 12.7. The van der Waals surface area contributed by atoms with Gasteiger partial charge in [-0.15, -0.1) is 0 Å². The van der Waals surface area contributed by atoms with E-state index in [-0.39, 0.29) is 36.2 Å². The molecule has 0 atom stereocenters. The lowest BCUT2D eigenvalue weighted by molar-refractivity contribution is -0.118. The van der Waals surface area contributed by atoms with Crippen LogP contribution in [0.4, 0.5) is 5.69 Å². The van der Waals surface area contributed by atoms with Crippen molar-refractivity contribution in [2.75, 3.05) is 39.3 Å². The van der Waals surface area contributed by atoms with Gasteiger partial charge in [0.2, 0.25) is 22.7 Å². The van der Waals surface area contributed by atoms with Gasteiger partial charge in [0.05, 0.1) is 4.90 Å². The molecule has 1 aliphatic heterocycles. The van der Waals surface area contributed by atoms with E-state index < -0.39 is 15.9 Å². The molecule has 0 aromatic heterocycles. The van der Waals surface area contributed by atoms with Crippen LogP contribution in [0.3, 0.4) is 0 Å². The van der Waals surface area contributed by atoms with E-state index in [1.165, 1.54) is 33.2 Å². The lowest BCUT2D eigenvalue weighted by Gasteiger charge is -2.16. The summed E-state index contributed by atoms with van der Waals surface area (Å²) in [6.45, 7) is 2.34. The molecule has 11 heteroatoms. The fourth-order valence-electron chi connectivity index (χ4n) is 3.04. The van der Waals surface area contributed by atoms with E-state index in [0.717, 1.165) is 9.87 Å². The molecule has 2 aromatic carbocycles. The third kappa shape index (κ3) is 5.48. The standard InChI is InChI=1S/C21H26N4O6S/c1-14(26)22-7-8-23-21(27)16-9-17(11-18(10-16)32(28,29)25(2)3)24-12-15-5-4-6-19-20(15)31-13-30-19/h4-6,9-11,24H,7-8,12-13H2,1-3H3,(H,22,26)(H,23,27). The van der Waals surface area contributed by atoms with Gasteiger partial charge >= 0.3 is 0 Å². The average Bonchev–Trinajstić information content (AvgIpc) is 3.24. The molecule has 2 aromatic rings. The van der Waals surface area contributed by atoms with Crippen molar-refractivity contribution in [2.45, 2.75) is 18.4 Å². The summed E-state index contributed by atoms with van der Waals surface area (Å²) in [5.74, 6) is 0.624. The van der Waals surface area contributed by atoms with Gasteiger partial charge in [0.15, 0.2) is 11.5 Å². The number of sulfonamides is 1. The van der Waals surface area contributed by atoms with Gasteiger partial charge in [-0.1, -0.05) is 12.1 Å². The number of rotatable bonds is 9. The molecular weight excluding hydrogens is 436 g/mol. The number of para-hydroxylation sites is 1. The third-order valence-corrected chi connectivity index (χ3v) is 6.49. The van der Waals surface area contributed by atoms with Crippen LogP contribution in [0.15, 0.2) is 41.3 Å². The molecule has 3 N–H and O–H groups in total. The quantitative estimate of drug-likeness (QED) is 0.477. The third-order valence-electron chi connectivity index (χ3n) is 4.69. The normalized spacial score (nSPS) is 12.5. The summed E-state index contributed by atoms with van der Waals surface area (Å²) in [6, 6.07) is 9.89. The summed E-state index contributed by atoms with van der Waals surface area (Å²) in [7, 11) is -0.925. The second-order valence-electron chi connectivity index (χ2n) is 7.28. The zero-order valence-corrected chi connectivity index (χ0v) is 18.9. The number of fused-ring (bicyclic) bond motifs is 1. The topological polar surface area (TPSA) is 126 Å². The van der Waals surface area contributed by atoms with E-state index in [2.05, 4.69) is 16.0 Å². The van der Waals surface area contributed by atoms with Crippen molar-refractivity contribution >= 4 is 27.5 Å². The number of amides is 2. The Morgan fingerprint density at radius 3 is 2.53 bits per heavy atom. The van der Waals surface area contributed by atoms with Crippen LogP contribution in [0.2, 0.25) is 0 Å². The van der Waals surface area contributed by atoms with Crippen LogP contribution in [0.5, 0.6) is 11.5 Å². The van der Waals surface area contributed by atoms with Gasteiger partial charge in [-0.05, 0) is 24.3 Å². The van der Waals surface area contributed by atoms with Crippen molar-refractivity contribution in [3.05, 3.63) is 47.5 Å². The second-order valence-corrected chi connectivity index (χ2v) is 9.43. The Morgan fingerprint density at radius 1 is 1.06 bits per heavy atom. The van der Waals surface area contributed by atoms with Crippen molar-refractivity contribution in [1.29, 1.82) is 0 Å². The SMILES string of the molecule is CC(=O)NCCNC(=O)c1cc(NCc2cccc3c2OCO3)cc(S(=O)(=O)N(C)C)c1. The van der Waals surface area contributed by atoms with Crippen molar-refractivity contribution in [3.8, 4) is 11.5 Å². The number of benzene rings is 2. The van der Waals surface area contributed by atoms with Crippen molar-refractivity contribution in [1.82, 2.24) is 14.9 Å². The van der Waals surface area contributed by atoms with Crippen LogP contribution in [-0.4, -0.2) is 58.5 Å². The van der Waals surface area contributed by atoms with Crippen LogP contribution in [0, 0.1) is 0 Å². The minimum Gasteiger partial charge on any atom is -0.454 e. The fourth-order valence-corrected chi connectivity index (χ4v) is 4.01. The Balaban J connectivity index is 1.83. The summed E-state index contributed by atoms with van der Waals surface area (Å²) >= 11 is 0. The largest absolute Gasteiger partial charge is 0.454 e. The lowest BCUT2D eigenvalue weighted by atomic mass is 10.1. The molecule has 3 rings (SSSR count). The first-order chi connectivity index (χ1) is 15.2. The minimum absolute atomic E-state index is 0.0163. The highest BCUT2D eigenvalue weighted by molar-refractivity contribution is 7.89. The molecule has 0 radical (unpaired) electrons. The van der Waals surface area contributed by atoms with Gasteiger partial charge in [-0.3, -0.25) is 9.59 Å². The summed E-state index contributed by atoms with van der Waals surface area (Å²) in [6.07, 6.45) is 0. The van der Waals surface area contributed by atoms with Gasteiger partial charge < -0.3 is 25.4 Å². The van der Waals surface area contributed by atoms with Gasteiger partial charge in [0.1, 0.15) is 0 Å². The molecule has 172 valence electrons. The van der Waals surface area contributed by atoms with Gasteiger partial charge in [-0.2, -0.15) is 0 Å². The molecule has 1 aliphatic rings. The van der Waals surface area contributed by atoms with E-state index >= 15 is 0 Å². The highest BCUT2D eigenvalue weighted by Crippen LogP contribution is 2.35. The van der Waals surface area contributed by atoms with Crippen molar-refractivity contribution < 1.29 is 27.5 Å². The number of carbonyl (C=O) groups is 2. The van der Waals surface area contributed by atoms with Gasteiger partial charge in [-0.25, -0.2) is 12.7 Å². The summed E-state index contributed by atoms with van der Waals surface area (Å²) in [5.41, 5.74) is 1.47. The Labute approximate surface area is 186 Å². The van der Waals surface area contributed by atoms with Crippen LogP contribution >= 0.6 is 0 Å². The van der Waals surface area contributed by atoms with Crippen molar-refractivity contribution in [3.63, 3.8) is 0 Å². The molecule has 32 heavy (non-hydrogen) atoms. The fraction of sp³-hybridized carbons (Fsp3) is 0.333. The number of carbonyl (C=O) groups excluding carboxylic acids is 2. The second kappa shape index (κ2) is 9.88. The number of ether oxygens (including phenoxy) is 2. The molecule has 0 aliphatic carbocycles. The molecule has 0 bridgehead atoms. The maximum absolute atomic E-state index is 12.7. The van der Waals surface area contributed by atoms with Crippen LogP contribution in [-0.2, 0) is 21.4 Å². The molecule has 0 saturated carbocycles. The van der Waals surface area contributed by atoms with Crippen LogP contribution in [0.25, 0.3) is 0 Å². The Hall–Kier alpha value is -3.31. The first-order valence-corrected chi connectivity index (χ1v) is 11.3. The van der Waals surface area contributed by atoms with Gasteiger partial charge in [0.25, 0.3) is 5.91 Å². The summed E-state index contributed by atoms with van der Waals surface area (Å²) in [4.78, 5) is 23.6. The number of hydrogen-bond donors (Lipinski definition) is 3. The number of nitrogens with one attached hydrogen (secondary N) is 3. The molecule has 0 fully saturated rings. The van der Waals surface area contributed by atoms with Gasteiger partial charge in [0, 0.05) is 57.5 Å². The number of nitrogens with zero attached hydrogens (tertiary/aromatic N) is 1. The molecular formula is C21H26N4O6S. The van der Waals surface area contributed by atoms with E-state index in [0.29, 0.717) is 23.7 Å². The summed E-state index contributed by atoms with van der Waals surface area (Å²) < 4.78 is 37.4. The monoisotopic (exact) mass is 462 g/mol. The number of anilines is 1. The zero-order chi connectivity index (χ0) is 23.3. The average molecular weight is 463 g/mol. The van der Waals surface area contributed by atoms with E-state index in [1.807, 2.05) is 12.1 Å². The Bertz CT molecular complexity index is 1120. The van der Waals surface area contributed by atoms with E-state index in [9.17, 15) is 18.0 Å². The minimum atomic E-state index is -3.77. The predicted octanol–water partition coefficient (Wildman–Crippen LogP) is 1.14. The smallest absolute Gasteiger partial charge is 0.251 e. The Morgan fingerprint density at radius 2 is 1.81 bits per heavy atom. The highest BCUT2D eigenvalue weighted by Gasteiger charge is 2.21. The molecule has 0 spiro atoms. The first-order valence-electron chi connectivity index (χ1n) is 9.90. The van der Waals surface area contributed by atoms with E-state index in [1.54, 1.807) is 12.1 Å². The zero-order valence-electron chi connectivity index (χ0n) is 18.1. The molecule has 0 saturated heterocycles. The Kier molecular flexibility index (Phi) is 7.21. The van der Waals surface area contributed by atoms with Crippen LogP contribution in [0.1, 0.15) is 22.8 Å². The molecule has 10 nitrogen and oxygen atoms in total. The first kappa shape index (κ1) is 23.4. The molecule has 2 amide bonds. The molecule has 1 heterocycles. The maximum Gasteiger partial charge on any atom is 0.251 e. The van der Waals surface area contributed by atoms with Crippen LogP contribution < -0.4 is 25.4 Å². The van der Waals surface area contributed by atoms with E-state index in [4.69, 9.17) is 9.47 Å². The lowest BCUT2D eigenvalue weighted by Crippen LogP contribution is -2.33. The highest BCUT2D eigenvalue weighted by atomic mass is 32.2.